The fourth-order valence-corrected chi connectivity index (χ4v) is 1.35. The predicted molar refractivity (Wildman–Crippen MR) is 45.4 cm³/mol. The summed E-state index contributed by atoms with van der Waals surface area (Å²) in [6.45, 7) is 1.92. The van der Waals surface area contributed by atoms with Crippen LogP contribution in [0, 0.1) is 11.6 Å². The summed E-state index contributed by atoms with van der Waals surface area (Å²) in [5.74, 6) is -1.18. The van der Waals surface area contributed by atoms with Gasteiger partial charge >= 0.3 is 0 Å². The molecule has 0 aliphatic heterocycles. The zero-order valence-corrected chi connectivity index (χ0v) is 7.46. The maximum atomic E-state index is 13.0. The molecular formula is C9H9ClF2. The van der Waals surface area contributed by atoms with E-state index < -0.39 is 11.6 Å². The van der Waals surface area contributed by atoms with Gasteiger partial charge in [0.2, 0.25) is 0 Å². The van der Waals surface area contributed by atoms with E-state index in [0.29, 0.717) is 12.0 Å². The highest BCUT2D eigenvalue weighted by molar-refractivity contribution is 6.31. The van der Waals surface area contributed by atoms with Gasteiger partial charge in [0.25, 0.3) is 0 Å². The third-order valence-electron chi connectivity index (χ3n) is 1.61. The van der Waals surface area contributed by atoms with E-state index in [-0.39, 0.29) is 5.02 Å². The Morgan fingerprint density at radius 3 is 2.50 bits per heavy atom. The largest absolute Gasteiger partial charge is 0.207 e. The average Bonchev–Trinajstić information content (AvgIpc) is 1.96. The molecule has 3 heteroatoms. The summed E-state index contributed by atoms with van der Waals surface area (Å²) in [5, 5.41) is 0.175. The monoisotopic (exact) mass is 190 g/mol. The van der Waals surface area contributed by atoms with Gasteiger partial charge in [-0.2, -0.15) is 0 Å². The summed E-state index contributed by atoms with van der Waals surface area (Å²) in [7, 11) is 0. The molecule has 0 amide bonds. The van der Waals surface area contributed by atoms with Crippen molar-refractivity contribution in [2.45, 2.75) is 19.8 Å². The van der Waals surface area contributed by atoms with Crippen LogP contribution in [-0.2, 0) is 6.42 Å². The highest BCUT2D eigenvalue weighted by atomic mass is 35.5. The fourth-order valence-electron chi connectivity index (χ4n) is 1.06. The van der Waals surface area contributed by atoms with Crippen LogP contribution in [-0.4, -0.2) is 0 Å². The molecule has 0 heterocycles. The SMILES string of the molecule is CCCc1c(F)cc(F)cc1Cl. The highest BCUT2D eigenvalue weighted by Gasteiger charge is 2.08. The van der Waals surface area contributed by atoms with Gasteiger partial charge in [-0.3, -0.25) is 0 Å². The molecule has 0 unspecified atom stereocenters. The van der Waals surface area contributed by atoms with E-state index in [0.717, 1.165) is 18.6 Å². The highest BCUT2D eigenvalue weighted by Crippen LogP contribution is 2.22. The van der Waals surface area contributed by atoms with Gasteiger partial charge in [0.15, 0.2) is 0 Å². The van der Waals surface area contributed by atoms with Gasteiger partial charge in [0.05, 0.1) is 0 Å². The van der Waals surface area contributed by atoms with Crippen molar-refractivity contribution in [2.24, 2.45) is 0 Å². The molecule has 0 bridgehead atoms. The molecular weight excluding hydrogens is 182 g/mol. The van der Waals surface area contributed by atoms with Gasteiger partial charge in [-0.15, -0.1) is 0 Å². The van der Waals surface area contributed by atoms with Crippen molar-refractivity contribution in [1.82, 2.24) is 0 Å². The van der Waals surface area contributed by atoms with Crippen molar-refractivity contribution >= 4 is 11.6 Å². The van der Waals surface area contributed by atoms with E-state index in [1.807, 2.05) is 6.92 Å². The molecule has 1 aromatic rings. The number of benzene rings is 1. The van der Waals surface area contributed by atoms with Gasteiger partial charge in [-0.05, 0) is 12.5 Å². The zero-order chi connectivity index (χ0) is 9.14. The molecule has 0 aliphatic carbocycles. The lowest BCUT2D eigenvalue weighted by atomic mass is 10.1. The van der Waals surface area contributed by atoms with E-state index in [4.69, 9.17) is 11.6 Å². The Morgan fingerprint density at radius 1 is 1.33 bits per heavy atom. The third kappa shape index (κ3) is 1.95. The zero-order valence-electron chi connectivity index (χ0n) is 6.70. The van der Waals surface area contributed by atoms with E-state index in [1.54, 1.807) is 0 Å². The first-order valence-corrected chi connectivity index (χ1v) is 4.16. The van der Waals surface area contributed by atoms with Crippen molar-refractivity contribution in [1.29, 1.82) is 0 Å². The van der Waals surface area contributed by atoms with Crippen LogP contribution in [0.2, 0.25) is 5.02 Å². The molecule has 0 radical (unpaired) electrons. The van der Waals surface area contributed by atoms with Crippen molar-refractivity contribution in [2.75, 3.05) is 0 Å². The molecule has 0 N–H and O–H groups in total. The van der Waals surface area contributed by atoms with E-state index in [9.17, 15) is 8.78 Å². The van der Waals surface area contributed by atoms with Gasteiger partial charge in [0.1, 0.15) is 11.6 Å². The average molecular weight is 191 g/mol. The molecule has 0 aliphatic rings. The third-order valence-corrected chi connectivity index (χ3v) is 1.94. The van der Waals surface area contributed by atoms with Crippen LogP contribution in [0.1, 0.15) is 18.9 Å². The quantitative estimate of drug-likeness (QED) is 0.669. The first-order chi connectivity index (χ1) is 5.65. The van der Waals surface area contributed by atoms with E-state index in [1.165, 1.54) is 0 Å². The van der Waals surface area contributed by atoms with Gasteiger partial charge in [-0.25, -0.2) is 8.78 Å². The normalized spacial score (nSPS) is 10.3. The molecule has 1 aromatic carbocycles. The van der Waals surface area contributed by atoms with Crippen LogP contribution < -0.4 is 0 Å². The Kier molecular flexibility index (Phi) is 3.04. The first kappa shape index (κ1) is 9.46. The fraction of sp³-hybridized carbons (Fsp3) is 0.333. The molecule has 0 fully saturated rings. The van der Waals surface area contributed by atoms with Crippen LogP contribution in [0.25, 0.3) is 0 Å². The van der Waals surface area contributed by atoms with Gasteiger partial charge in [0, 0.05) is 16.7 Å². The van der Waals surface area contributed by atoms with Crippen molar-refractivity contribution in [3.8, 4) is 0 Å². The summed E-state index contributed by atoms with van der Waals surface area (Å²) in [6.07, 6.45) is 1.34. The Bertz CT molecular complexity index is 261. The van der Waals surface area contributed by atoms with Crippen molar-refractivity contribution < 1.29 is 8.78 Å². The Balaban J connectivity index is 3.10. The van der Waals surface area contributed by atoms with Crippen LogP contribution >= 0.6 is 11.6 Å². The first-order valence-electron chi connectivity index (χ1n) is 3.78. The number of hydrogen-bond donors (Lipinski definition) is 0. The van der Waals surface area contributed by atoms with Crippen LogP contribution in [0.4, 0.5) is 8.78 Å². The summed E-state index contributed by atoms with van der Waals surface area (Å²) < 4.78 is 25.5. The second-order valence-corrected chi connectivity index (χ2v) is 3.01. The summed E-state index contributed by atoms with van der Waals surface area (Å²) >= 11 is 5.63. The summed E-state index contributed by atoms with van der Waals surface area (Å²) in [4.78, 5) is 0. The summed E-state index contributed by atoms with van der Waals surface area (Å²) in [6, 6.07) is 1.99. The lowest BCUT2D eigenvalue weighted by Gasteiger charge is -2.03. The molecule has 0 saturated heterocycles. The second kappa shape index (κ2) is 3.85. The van der Waals surface area contributed by atoms with Crippen molar-refractivity contribution in [3.63, 3.8) is 0 Å². The maximum absolute atomic E-state index is 13.0. The minimum atomic E-state index is -0.627. The predicted octanol–water partition coefficient (Wildman–Crippen LogP) is 3.57. The Labute approximate surface area is 75.2 Å². The van der Waals surface area contributed by atoms with Crippen LogP contribution in [0.3, 0.4) is 0 Å². The molecule has 0 nitrogen and oxygen atoms in total. The van der Waals surface area contributed by atoms with Crippen LogP contribution in [0.15, 0.2) is 12.1 Å². The minimum Gasteiger partial charge on any atom is -0.207 e. The van der Waals surface area contributed by atoms with E-state index >= 15 is 0 Å². The minimum absolute atomic E-state index is 0.175. The molecule has 12 heavy (non-hydrogen) atoms. The molecule has 0 aromatic heterocycles. The van der Waals surface area contributed by atoms with Gasteiger partial charge in [-0.1, -0.05) is 24.9 Å². The molecule has 0 atom stereocenters. The van der Waals surface area contributed by atoms with Crippen molar-refractivity contribution in [3.05, 3.63) is 34.4 Å². The Morgan fingerprint density at radius 2 is 2.00 bits per heavy atom. The Hall–Kier alpha value is -0.630. The number of rotatable bonds is 2. The molecule has 0 saturated carbocycles. The molecule has 66 valence electrons. The number of hydrogen-bond acceptors (Lipinski definition) is 0. The van der Waals surface area contributed by atoms with Crippen LogP contribution in [0.5, 0.6) is 0 Å². The lowest BCUT2D eigenvalue weighted by molar-refractivity contribution is 0.571. The second-order valence-electron chi connectivity index (χ2n) is 2.60. The topological polar surface area (TPSA) is 0 Å². The maximum Gasteiger partial charge on any atom is 0.130 e. The summed E-state index contributed by atoms with van der Waals surface area (Å²) in [5.41, 5.74) is 0.403. The number of halogens is 3. The van der Waals surface area contributed by atoms with Gasteiger partial charge < -0.3 is 0 Å². The lowest BCUT2D eigenvalue weighted by Crippen LogP contribution is -1.92. The molecule has 1 rings (SSSR count). The molecule has 0 spiro atoms. The van der Waals surface area contributed by atoms with E-state index in [2.05, 4.69) is 0 Å². The smallest absolute Gasteiger partial charge is 0.130 e. The standard InChI is InChI=1S/C9H9ClF2/c1-2-3-7-8(10)4-6(11)5-9(7)12/h4-5H,2-3H2,1H3.